The number of carbonyl (C=O) groups is 1. The van der Waals surface area contributed by atoms with Gasteiger partial charge in [0.2, 0.25) is 0 Å². The Labute approximate surface area is 137 Å². The average Bonchev–Trinajstić information content (AvgIpc) is 2.55. The Balaban J connectivity index is 1.70. The van der Waals surface area contributed by atoms with E-state index in [0.717, 1.165) is 0 Å². The van der Waals surface area contributed by atoms with Crippen LogP contribution >= 0.6 is 23.2 Å². The summed E-state index contributed by atoms with van der Waals surface area (Å²) in [6.07, 6.45) is 0. The summed E-state index contributed by atoms with van der Waals surface area (Å²) in [4.78, 5) is 12.2. The molecule has 0 saturated carbocycles. The smallest absolute Gasteiger partial charge is 0.200 e. The molecule has 0 saturated heterocycles. The minimum atomic E-state index is -0.187. The first-order chi connectivity index (χ1) is 10.6. The van der Waals surface area contributed by atoms with Gasteiger partial charge in [-0.1, -0.05) is 23.2 Å². The van der Waals surface area contributed by atoms with E-state index >= 15 is 0 Å². The molecule has 0 aliphatic carbocycles. The number of ether oxygens (including phenoxy) is 3. The molecule has 114 valence electrons. The molecule has 0 radical (unpaired) electrons. The first-order valence-corrected chi connectivity index (χ1v) is 7.40. The molecule has 3 rings (SSSR count). The lowest BCUT2D eigenvalue weighted by atomic mass is 10.1. The largest absolute Gasteiger partial charge is 0.486 e. The number of benzene rings is 2. The minimum absolute atomic E-state index is 0.139. The maximum atomic E-state index is 12.2. The molecule has 0 bridgehead atoms. The van der Waals surface area contributed by atoms with Crippen molar-refractivity contribution < 1.29 is 19.0 Å². The van der Waals surface area contributed by atoms with E-state index in [2.05, 4.69) is 0 Å². The summed E-state index contributed by atoms with van der Waals surface area (Å²) in [5.41, 5.74) is 0.488. The molecule has 0 amide bonds. The number of ketones is 1. The van der Waals surface area contributed by atoms with Crippen LogP contribution in [-0.4, -0.2) is 25.6 Å². The van der Waals surface area contributed by atoms with Crippen LogP contribution in [0.3, 0.4) is 0 Å². The molecule has 0 unspecified atom stereocenters. The van der Waals surface area contributed by atoms with Crippen molar-refractivity contribution in [3.8, 4) is 17.2 Å². The Morgan fingerprint density at radius 1 is 1.05 bits per heavy atom. The number of halogens is 2. The molecule has 6 heteroatoms. The second kappa shape index (κ2) is 6.46. The number of Topliss-reactive ketones (excluding diaryl/α,β-unsaturated/α-hetero) is 1. The van der Waals surface area contributed by atoms with Crippen LogP contribution in [0.1, 0.15) is 10.4 Å². The molecule has 0 atom stereocenters. The van der Waals surface area contributed by atoms with Gasteiger partial charge in [-0.25, -0.2) is 0 Å². The van der Waals surface area contributed by atoms with Crippen molar-refractivity contribution in [3.05, 3.63) is 52.0 Å². The summed E-state index contributed by atoms with van der Waals surface area (Å²) in [7, 11) is 0. The van der Waals surface area contributed by atoms with Crippen LogP contribution in [0.4, 0.5) is 0 Å². The fourth-order valence-corrected chi connectivity index (χ4v) is 2.37. The van der Waals surface area contributed by atoms with Crippen LogP contribution in [0.2, 0.25) is 10.0 Å². The van der Waals surface area contributed by atoms with Crippen LogP contribution in [0, 0.1) is 0 Å². The van der Waals surface area contributed by atoms with E-state index in [1.807, 2.05) is 0 Å². The number of hydrogen-bond donors (Lipinski definition) is 0. The van der Waals surface area contributed by atoms with E-state index in [-0.39, 0.29) is 12.4 Å². The highest BCUT2D eigenvalue weighted by Gasteiger charge is 2.15. The molecule has 2 aromatic rings. The van der Waals surface area contributed by atoms with Gasteiger partial charge in [-0.3, -0.25) is 4.79 Å². The van der Waals surface area contributed by atoms with Crippen LogP contribution in [0.15, 0.2) is 36.4 Å². The van der Waals surface area contributed by atoms with Gasteiger partial charge in [0, 0.05) is 16.7 Å². The minimum Gasteiger partial charge on any atom is -0.486 e. The van der Waals surface area contributed by atoms with Gasteiger partial charge >= 0.3 is 0 Å². The molecule has 1 aliphatic heterocycles. The molecule has 1 heterocycles. The van der Waals surface area contributed by atoms with E-state index in [9.17, 15) is 4.79 Å². The van der Waals surface area contributed by atoms with Gasteiger partial charge < -0.3 is 14.2 Å². The standard InChI is InChI=1S/C16H12Cl2O4/c17-11-2-3-12(18)15(8-11)22-9-13(19)10-1-4-14-16(7-10)21-6-5-20-14/h1-4,7-8H,5-6,9H2. The summed E-state index contributed by atoms with van der Waals surface area (Å²) < 4.78 is 16.3. The van der Waals surface area contributed by atoms with Gasteiger partial charge in [0.25, 0.3) is 0 Å². The molecular formula is C16H12Cl2O4. The fourth-order valence-electron chi connectivity index (χ4n) is 2.03. The number of carbonyl (C=O) groups excluding carboxylic acids is 1. The molecular weight excluding hydrogens is 327 g/mol. The van der Waals surface area contributed by atoms with Gasteiger partial charge in [-0.05, 0) is 30.3 Å². The predicted octanol–water partition coefficient (Wildman–Crippen LogP) is 4.03. The van der Waals surface area contributed by atoms with Gasteiger partial charge in [0.05, 0.1) is 5.02 Å². The van der Waals surface area contributed by atoms with Crippen LogP contribution in [0.25, 0.3) is 0 Å². The summed E-state index contributed by atoms with van der Waals surface area (Å²) in [5, 5.41) is 0.894. The Kier molecular flexibility index (Phi) is 4.41. The summed E-state index contributed by atoms with van der Waals surface area (Å²) in [5.74, 6) is 1.40. The van der Waals surface area contributed by atoms with E-state index < -0.39 is 0 Å². The Morgan fingerprint density at radius 3 is 2.64 bits per heavy atom. The molecule has 0 N–H and O–H groups in total. The number of hydrogen-bond acceptors (Lipinski definition) is 4. The van der Waals surface area contributed by atoms with Gasteiger partial charge in [0.1, 0.15) is 19.0 Å². The van der Waals surface area contributed by atoms with Crippen LogP contribution in [0.5, 0.6) is 17.2 Å². The fraction of sp³-hybridized carbons (Fsp3) is 0.188. The summed E-state index contributed by atoms with van der Waals surface area (Å²) in [6.45, 7) is 0.843. The molecule has 22 heavy (non-hydrogen) atoms. The van der Waals surface area contributed by atoms with Crippen molar-refractivity contribution >= 4 is 29.0 Å². The molecule has 0 fully saturated rings. The van der Waals surface area contributed by atoms with Crippen molar-refractivity contribution in [2.75, 3.05) is 19.8 Å². The van der Waals surface area contributed by atoms with Crippen molar-refractivity contribution in [1.82, 2.24) is 0 Å². The molecule has 4 nitrogen and oxygen atoms in total. The SMILES string of the molecule is O=C(COc1cc(Cl)ccc1Cl)c1ccc2c(c1)OCCO2. The molecule has 0 spiro atoms. The average molecular weight is 339 g/mol. The highest BCUT2D eigenvalue weighted by atomic mass is 35.5. The van der Waals surface area contributed by atoms with Crippen molar-refractivity contribution in [3.63, 3.8) is 0 Å². The normalized spacial score (nSPS) is 12.8. The zero-order valence-corrected chi connectivity index (χ0v) is 13.0. The zero-order valence-electron chi connectivity index (χ0n) is 11.5. The quantitative estimate of drug-likeness (QED) is 0.789. The lowest BCUT2D eigenvalue weighted by molar-refractivity contribution is 0.0920. The van der Waals surface area contributed by atoms with Crippen LogP contribution in [-0.2, 0) is 0 Å². The third kappa shape index (κ3) is 3.29. The summed E-state index contributed by atoms with van der Waals surface area (Å²) in [6, 6.07) is 9.89. The first-order valence-electron chi connectivity index (χ1n) is 6.64. The van der Waals surface area contributed by atoms with E-state index in [1.54, 1.807) is 36.4 Å². The van der Waals surface area contributed by atoms with Gasteiger partial charge in [-0.15, -0.1) is 0 Å². The second-order valence-electron chi connectivity index (χ2n) is 4.65. The van der Waals surface area contributed by atoms with E-state index in [0.29, 0.717) is 46.1 Å². The first kappa shape index (κ1) is 15.0. The highest BCUT2D eigenvalue weighted by molar-refractivity contribution is 6.34. The van der Waals surface area contributed by atoms with Crippen molar-refractivity contribution in [1.29, 1.82) is 0 Å². The molecule has 1 aliphatic rings. The zero-order chi connectivity index (χ0) is 15.5. The maximum Gasteiger partial charge on any atom is 0.200 e. The van der Waals surface area contributed by atoms with Crippen molar-refractivity contribution in [2.45, 2.75) is 0 Å². The lowest BCUT2D eigenvalue weighted by Crippen LogP contribution is -2.17. The topological polar surface area (TPSA) is 44.8 Å². The molecule has 0 aromatic heterocycles. The Bertz CT molecular complexity index is 715. The van der Waals surface area contributed by atoms with Gasteiger partial charge in [0.15, 0.2) is 23.9 Å². The second-order valence-corrected chi connectivity index (χ2v) is 5.49. The van der Waals surface area contributed by atoms with E-state index in [1.165, 1.54) is 0 Å². The Morgan fingerprint density at radius 2 is 1.82 bits per heavy atom. The van der Waals surface area contributed by atoms with Crippen molar-refractivity contribution in [2.24, 2.45) is 0 Å². The summed E-state index contributed by atoms with van der Waals surface area (Å²) >= 11 is 11.9. The number of rotatable bonds is 4. The third-order valence-electron chi connectivity index (χ3n) is 3.12. The maximum absolute atomic E-state index is 12.2. The highest BCUT2D eigenvalue weighted by Crippen LogP contribution is 2.31. The molecule has 2 aromatic carbocycles. The third-order valence-corrected chi connectivity index (χ3v) is 3.66. The predicted molar refractivity (Wildman–Crippen MR) is 83.7 cm³/mol. The number of fused-ring (bicyclic) bond motifs is 1. The monoisotopic (exact) mass is 338 g/mol. The van der Waals surface area contributed by atoms with Gasteiger partial charge in [-0.2, -0.15) is 0 Å². The lowest BCUT2D eigenvalue weighted by Gasteiger charge is -2.18. The van der Waals surface area contributed by atoms with Crippen LogP contribution < -0.4 is 14.2 Å². The van der Waals surface area contributed by atoms with E-state index in [4.69, 9.17) is 37.4 Å². The Hall–Kier alpha value is -1.91.